The van der Waals surface area contributed by atoms with Crippen molar-refractivity contribution in [3.05, 3.63) is 82.5 Å². The van der Waals surface area contributed by atoms with Crippen LogP contribution in [0.4, 0.5) is 5.69 Å². The molecule has 188 valence electrons. The van der Waals surface area contributed by atoms with E-state index in [0.717, 1.165) is 22.2 Å². The van der Waals surface area contributed by atoms with Crippen molar-refractivity contribution in [2.75, 3.05) is 28.4 Å². The summed E-state index contributed by atoms with van der Waals surface area (Å²) in [5.41, 5.74) is 3.01. The Balaban J connectivity index is 1.67. The molecule has 0 spiro atoms. The molecule has 0 N–H and O–H groups in total. The van der Waals surface area contributed by atoms with E-state index in [1.54, 1.807) is 39.3 Å². The predicted molar refractivity (Wildman–Crippen MR) is 145 cm³/mol. The SMILES string of the molecule is COc1ccccc1N=c1scc(-c2cc3ccccc3o2)n1N=Cc1cc(OC)c(OC)c(OC)c1. The Bertz CT molecular complexity index is 1590. The molecular formula is C28H25N3O5S. The van der Waals surface area contributed by atoms with Crippen LogP contribution in [-0.4, -0.2) is 39.3 Å². The molecule has 9 heteroatoms. The minimum Gasteiger partial charge on any atom is -0.494 e. The zero-order valence-electron chi connectivity index (χ0n) is 20.8. The molecule has 0 bridgehead atoms. The number of thiazole rings is 1. The highest BCUT2D eigenvalue weighted by Gasteiger charge is 2.15. The molecule has 0 unspecified atom stereocenters. The Labute approximate surface area is 217 Å². The van der Waals surface area contributed by atoms with E-state index in [-0.39, 0.29) is 0 Å². The van der Waals surface area contributed by atoms with E-state index in [1.807, 2.05) is 72.1 Å². The molecule has 0 amide bonds. The maximum absolute atomic E-state index is 6.15. The average Bonchev–Trinajstić information content (AvgIpc) is 3.55. The van der Waals surface area contributed by atoms with Crippen molar-refractivity contribution in [2.24, 2.45) is 10.1 Å². The summed E-state index contributed by atoms with van der Waals surface area (Å²) in [6.45, 7) is 0. The second kappa shape index (κ2) is 10.6. The van der Waals surface area contributed by atoms with Crippen molar-refractivity contribution in [3.63, 3.8) is 0 Å². The van der Waals surface area contributed by atoms with Gasteiger partial charge in [-0.1, -0.05) is 30.3 Å². The Kier molecular flexibility index (Phi) is 6.96. The largest absolute Gasteiger partial charge is 0.494 e. The van der Waals surface area contributed by atoms with Crippen molar-refractivity contribution in [1.29, 1.82) is 0 Å². The van der Waals surface area contributed by atoms with Crippen molar-refractivity contribution >= 4 is 34.2 Å². The van der Waals surface area contributed by atoms with Gasteiger partial charge in [0.1, 0.15) is 22.7 Å². The number of ether oxygens (including phenoxy) is 4. The lowest BCUT2D eigenvalue weighted by atomic mass is 10.2. The summed E-state index contributed by atoms with van der Waals surface area (Å²) < 4.78 is 29.8. The summed E-state index contributed by atoms with van der Waals surface area (Å²) in [6.07, 6.45) is 1.71. The molecule has 0 fully saturated rings. The highest BCUT2D eigenvalue weighted by Crippen LogP contribution is 2.38. The third-order valence-electron chi connectivity index (χ3n) is 5.67. The quantitative estimate of drug-likeness (QED) is 0.233. The number of hydrogen-bond donors (Lipinski definition) is 0. The summed E-state index contributed by atoms with van der Waals surface area (Å²) >= 11 is 1.45. The third-order valence-corrected chi connectivity index (χ3v) is 6.49. The van der Waals surface area contributed by atoms with Gasteiger partial charge in [-0.25, -0.2) is 9.67 Å². The number of fused-ring (bicyclic) bond motifs is 1. The molecule has 8 nitrogen and oxygen atoms in total. The molecule has 5 aromatic rings. The number of hydrogen-bond acceptors (Lipinski definition) is 8. The van der Waals surface area contributed by atoms with Crippen molar-refractivity contribution in [2.45, 2.75) is 0 Å². The van der Waals surface area contributed by atoms with E-state index in [2.05, 4.69) is 0 Å². The van der Waals surface area contributed by atoms with Gasteiger partial charge < -0.3 is 23.4 Å². The molecule has 0 radical (unpaired) electrons. The van der Waals surface area contributed by atoms with E-state index in [9.17, 15) is 0 Å². The van der Waals surface area contributed by atoms with E-state index in [1.165, 1.54) is 11.3 Å². The monoisotopic (exact) mass is 515 g/mol. The van der Waals surface area contributed by atoms with Crippen LogP contribution in [0.3, 0.4) is 0 Å². The van der Waals surface area contributed by atoms with Crippen LogP contribution in [-0.2, 0) is 0 Å². The molecular weight excluding hydrogens is 490 g/mol. The zero-order valence-corrected chi connectivity index (χ0v) is 21.6. The van der Waals surface area contributed by atoms with Crippen LogP contribution in [0.1, 0.15) is 5.56 Å². The van der Waals surface area contributed by atoms with Gasteiger partial charge >= 0.3 is 0 Å². The van der Waals surface area contributed by atoms with Gasteiger partial charge in [-0.2, -0.15) is 5.10 Å². The normalized spacial score (nSPS) is 11.8. The number of furan rings is 1. The first-order valence-corrected chi connectivity index (χ1v) is 12.2. The van der Waals surface area contributed by atoms with Crippen LogP contribution in [0.2, 0.25) is 0 Å². The van der Waals surface area contributed by atoms with Crippen LogP contribution < -0.4 is 23.7 Å². The molecule has 3 aromatic carbocycles. The lowest BCUT2D eigenvalue weighted by Crippen LogP contribution is -2.11. The predicted octanol–water partition coefficient (Wildman–Crippen LogP) is 6.11. The van der Waals surface area contributed by atoms with Crippen LogP contribution in [0.25, 0.3) is 22.4 Å². The van der Waals surface area contributed by atoms with Gasteiger partial charge in [-0.15, -0.1) is 11.3 Å². The first kappa shape index (κ1) is 24.2. The molecule has 0 aliphatic rings. The van der Waals surface area contributed by atoms with Crippen molar-refractivity contribution < 1.29 is 23.4 Å². The Morgan fingerprint density at radius 2 is 1.51 bits per heavy atom. The number of aromatic nitrogens is 1. The summed E-state index contributed by atoms with van der Waals surface area (Å²) in [5, 5.41) is 7.77. The molecule has 0 saturated carbocycles. The van der Waals surface area contributed by atoms with Crippen molar-refractivity contribution in [3.8, 4) is 34.5 Å². The smallest absolute Gasteiger partial charge is 0.211 e. The molecule has 2 aromatic heterocycles. The zero-order chi connectivity index (χ0) is 25.8. The average molecular weight is 516 g/mol. The topological polar surface area (TPSA) is 79.7 Å². The number of methoxy groups -OCH3 is 4. The third kappa shape index (κ3) is 4.81. The number of benzene rings is 3. The molecule has 0 aliphatic heterocycles. The summed E-state index contributed by atoms with van der Waals surface area (Å²) in [6, 6.07) is 21.1. The second-order valence-corrected chi connectivity index (χ2v) is 8.69. The fourth-order valence-corrected chi connectivity index (χ4v) is 4.72. The summed E-state index contributed by atoms with van der Waals surface area (Å²) in [5.74, 6) is 2.94. The van der Waals surface area contributed by atoms with E-state index < -0.39 is 0 Å². The van der Waals surface area contributed by atoms with Crippen LogP contribution in [0.5, 0.6) is 23.0 Å². The van der Waals surface area contributed by atoms with Gasteiger partial charge in [0.05, 0.1) is 34.7 Å². The van der Waals surface area contributed by atoms with Gasteiger partial charge in [0.2, 0.25) is 10.6 Å². The van der Waals surface area contributed by atoms with Gasteiger partial charge in [0.15, 0.2) is 17.3 Å². The first-order valence-electron chi connectivity index (χ1n) is 11.4. The standard InChI is InChI=1S/C28H25N3O5S/c1-32-23-12-8-6-10-20(23)30-28-31(21(17-37-28)24-15-19-9-5-7-11-22(19)36-24)29-16-18-13-25(33-2)27(35-4)26(14-18)34-3/h5-17H,1-4H3. The summed E-state index contributed by atoms with van der Waals surface area (Å²) in [7, 11) is 6.35. The van der Waals surface area contributed by atoms with E-state index in [4.69, 9.17) is 33.5 Å². The maximum atomic E-state index is 6.15. The van der Waals surface area contributed by atoms with E-state index >= 15 is 0 Å². The molecule has 5 rings (SSSR count). The number of rotatable bonds is 8. The molecule has 2 heterocycles. The summed E-state index contributed by atoms with van der Waals surface area (Å²) in [4.78, 5) is 5.49. The Morgan fingerprint density at radius 3 is 2.22 bits per heavy atom. The highest BCUT2D eigenvalue weighted by molar-refractivity contribution is 7.07. The fraction of sp³-hybridized carbons (Fsp3) is 0.143. The van der Waals surface area contributed by atoms with Gasteiger partial charge in [0, 0.05) is 16.3 Å². The lowest BCUT2D eigenvalue weighted by Gasteiger charge is -2.12. The molecule has 0 aliphatic carbocycles. The van der Waals surface area contributed by atoms with Gasteiger partial charge in [-0.05, 0) is 36.4 Å². The Morgan fingerprint density at radius 1 is 0.811 bits per heavy atom. The second-order valence-electron chi connectivity index (χ2n) is 7.85. The van der Waals surface area contributed by atoms with Crippen LogP contribution in [0.15, 0.2) is 86.6 Å². The van der Waals surface area contributed by atoms with Crippen molar-refractivity contribution in [1.82, 2.24) is 4.68 Å². The molecule has 0 atom stereocenters. The fourth-order valence-electron chi connectivity index (χ4n) is 3.89. The van der Waals surface area contributed by atoms with Crippen LogP contribution >= 0.6 is 11.3 Å². The van der Waals surface area contributed by atoms with Crippen LogP contribution in [0, 0.1) is 0 Å². The van der Waals surface area contributed by atoms with E-state index in [0.29, 0.717) is 39.2 Å². The number of para-hydroxylation sites is 3. The lowest BCUT2D eigenvalue weighted by molar-refractivity contribution is 0.324. The Hall–Kier alpha value is -4.50. The molecule has 37 heavy (non-hydrogen) atoms. The minimum absolute atomic E-state index is 0.514. The minimum atomic E-state index is 0.514. The highest BCUT2D eigenvalue weighted by atomic mass is 32.1. The van der Waals surface area contributed by atoms with Gasteiger partial charge in [-0.3, -0.25) is 0 Å². The first-order chi connectivity index (χ1) is 18.1. The molecule has 0 saturated heterocycles. The number of nitrogens with zero attached hydrogens (tertiary/aromatic N) is 3. The van der Waals surface area contributed by atoms with Gasteiger partial charge in [0.25, 0.3) is 0 Å². The maximum Gasteiger partial charge on any atom is 0.211 e.